The van der Waals surface area contributed by atoms with Crippen molar-refractivity contribution in [1.82, 2.24) is 4.90 Å². The smallest absolute Gasteiger partial charge is 0.231 e. The number of terminal acetylenes is 1. The SMILES string of the molecule is C#C.CC.Fc1ccc(Oc2ccc(CCOCc3ccccc3)cc2)cc1.NC(=O)CN1CCC(C=O)CC1.NC=O. The summed E-state index contributed by atoms with van der Waals surface area (Å²) in [5, 5.41) is 0. The predicted molar refractivity (Wildman–Crippen MR) is 169 cm³/mol. The molecule has 232 valence electrons. The van der Waals surface area contributed by atoms with Crippen molar-refractivity contribution in [3.05, 3.63) is 95.8 Å². The molecule has 1 saturated heterocycles. The van der Waals surface area contributed by atoms with E-state index in [1.807, 2.05) is 61.2 Å². The molecule has 1 aliphatic heterocycles. The van der Waals surface area contributed by atoms with Gasteiger partial charge in [-0.2, -0.15) is 0 Å². The number of nitrogens with zero attached hydrogens (tertiary/aromatic N) is 1. The number of amides is 2. The Morgan fingerprint density at radius 3 is 1.91 bits per heavy atom. The molecule has 0 aliphatic carbocycles. The van der Waals surface area contributed by atoms with Crippen LogP contribution in [-0.4, -0.2) is 49.7 Å². The summed E-state index contributed by atoms with van der Waals surface area (Å²) in [6.07, 6.45) is 11.8. The number of carbonyl (C=O) groups excluding carboxylic acids is 3. The first-order valence-corrected chi connectivity index (χ1v) is 14.0. The molecule has 1 aliphatic rings. The van der Waals surface area contributed by atoms with E-state index < -0.39 is 0 Å². The zero-order valence-electron chi connectivity index (χ0n) is 25.1. The number of rotatable bonds is 10. The summed E-state index contributed by atoms with van der Waals surface area (Å²) in [5.41, 5.74) is 11.6. The molecule has 4 N–H and O–H groups in total. The van der Waals surface area contributed by atoms with E-state index in [1.165, 1.54) is 23.3 Å². The van der Waals surface area contributed by atoms with E-state index in [0.29, 0.717) is 25.5 Å². The van der Waals surface area contributed by atoms with Gasteiger partial charge in [-0.3, -0.25) is 14.5 Å². The number of hydrogen-bond acceptors (Lipinski definition) is 6. The van der Waals surface area contributed by atoms with Crippen LogP contribution in [0.25, 0.3) is 0 Å². The summed E-state index contributed by atoms with van der Waals surface area (Å²) in [6.45, 7) is 7.25. The number of nitrogens with two attached hydrogens (primary N) is 2. The molecule has 3 aromatic carbocycles. The van der Waals surface area contributed by atoms with Gasteiger partial charge in [0.2, 0.25) is 12.3 Å². The van der Waals surface area contributed by atoms with E-state index in [2.05, 4.69) is 30.7 Å². The van der Waals surface area contributed by atoms with Crippen molar-refractivity contribution < 1.29 is 28.2 Å². The summed E-state index contributed by atoms with van der Waals surface area (Å²) in [5.74, 6) is 0.979. The van der Waals surface area contributed by atoms with Gasteiger partial charge in [0.25, 0.3) is 0 Å². The molecule has 43 heavy (non-hydrogen) atoms. The quantitative estimate of drug-likeness (QED) is 0.191. The molecular weight excluding hydrogens is 549 g/mol. The molecule has 9 heteroatoms. The molecule has 0 aromatic heterocycles. The van der Waals surface area contributed by atoms with Crippen LogP contribution < -0.4 is 16.2 Å². The van der Waals surface area contributed by atoms with E-state index in [9.17, 15) is 14.0 Å². The second-order valence-electron chi connectivity index (χ2n) is 8.84. The number of carbonyl (C=O) groups is 3. The largest absolute Gasteiger partial charge is 0.457 e. The maximum atomic E-state index is 12.9. The van der Waals surface area contributed by atoms with Crippen molar-refractivity contribution in [3.8, 4) is 24.3 Å². The van der Waals surface area contributed by atoms with Gasteiger partial charge in [-0.1, -0.05) is 56.3 Å². The van der Waals surface area contributed by atoms with Crippen LogP contribution in [0.4, 0.5) is 4.39 Å². The molecule has 0 spiro atoms. The summed E-state index contributed by atoms with van der Waals surface area (Å²) in [6, 6.07) is 24.0. The van der Waals surface area contributed by atoms with Gasteiger partial charge < -0.3 is 25.7 Å². The Morgan fingerprint density at radius 1 is 0.907 bits per heavy atom. The molecule has 0 radical (unpaired) electrons. The van der Waals surface area contributed by atoms with Crippen molar-refractivity contribution in [2.75, 3.05) is 26.2 Å². The first kappa shape index (κ1) is 38.5. The van der Waals surface area contributed by atoms with Crippen LogP contribution in [0.15, 0.2) is 78.9 Å². The zero-order valence-corrected chi connectivity index (χ0v) is 25.1. The van der Waals surface area contributed by atoms with Crippen LogP contribution >= 0.6 is 0 Å². The van der Waals surface area contributed by atoms with Crippen LogP contribution in [0.1, 0.15) is 37.8 Å². The molecular formula is C34H44FN3O5. The minimum atomic E-state index is -0.292. The fraction of sp³-hybridized carbons (Fsp3) is 0.324. The molecule has 0 bridgehead atoms. The Bertz CT molecular complexity index is 1150. The van der Waals surface area contributed by atoms with Gasteiger partial charge in [-0.15, -0.1) is 12.8 Å². The van der Waals surface area contributed by atoms with E-state index in [-0.39, 0.29) is 24.1 Å². The minimum absolute atomic E-state index is 0.189. The minimum Gasteiger partial charge on any atom is -0.457 e. The topological polar surface area (TPSA) is 125 Å². The number of likely N-dealkylation sites (tertiary alicyclic amines) is 1. The van der Waals surface area contributed by atoms with Gasteiger partial charge in [-0.05, 0) is 79.9 Å². The molecule has 2 amide bonds. The monoisotopic (exact) mass is 593 g/mol. The predicted octanol–water partition coefficient (Wildman–Crippen LogP) is 5.14. The van der Waals surface area contributed by atoms with Gasteiger partial charge in [0.1, 0.15) is 23.6 Å². The highest BCUT2D eigenvalue weighted by atomic mass is 19.1. The van der Waals surface area contributed by atoms with Gasteiger partial charge >= 0.3 is 0 Å². The molecule has 3 aromatic rings. The van der Waals surface area contributed by atoms with E-state index in [0.717, 1.165) is 44.4 Å². The molecule has 0 atom stereocenters. The van der Waals surface area contributed by atoms with E-state index >= 15 is 0 Å². The normalized spacial score (nSPS) is 12.1. The lowest BCUT2D eigenvalue weighted by molar-refractivity contribution is -0.119. The number of benzene rings is 3. The Morgan fingerprint density at radius 2 is 1.42 bits per heavy atom. The maximum Gasteiger partial charge on any atom is 0.231 e. The van der Waals surface area contributed by atoms with Crippen molar-refractivity contribution in [3.63, 3.8) is 0 Å². The van der Waals surface area contributed by atoms with Gasteiger partial charge in [-0.25, -0.2) is 4.39 Å². The third-order valence-electron chi connectivity index (χ3n) is 5.82. The fourth-order valence-electron chi connectivity index (χ4n) is 3.78. The van der Waals surface area contributed by atoms with Crippen LogP contribution in [0.5, 0.6) is 11.5 Å². The van der Waals surface area contributed by atoms with Gasteiger partial charge in [0.05, 0.1) is 19.8 Å². The van der Waals surface area contributed by atoms with Crippen molar-refractivity contribution in [1.29, 1.82) is 0 Å². The van der Waals surface area contributed by atoms with E-state index in [1.54, 1.807) is 12.1 Å². The third-order valence-corrected chi connectivity index (χ3v) is 5.82. The van der Waals surface area contributed by atoms with Crippen molar-refractivity contribution in [2.24, 2.45) is 17.4 Å². The molecule has 1 fully saturated rings. The summed E-state index contributed by atoms with van der Waals surface area (Å²) < 4.78 is 24.2. The molecule has 4 rings (SSSR count). The lowest BCUT2D eigenvalue weighted by Crippen LogP contribution is -2.39. The Labute approximate surface area is 255 Å². The third kappa shape index (κ3) is 18.5. The summed E-state index contributed by atoms with van der Waals surface area (Å²) in [7, 11) is 0. The van der Waals surface area contributed by atoms with E-state index in [4.69, 9.17) is 20.0 Å². The molecule has 0 unspecified atom stereocenters. The maximum absolute atomic E-state index is 12.9. The first-order chi connectivity index (χ1) is 20.9. The first-order valence-electron chi connectivity index (χ1n) is 14.0. The Balaban J connectivity index is 0.000000779. The highest BCUT2D eigenvalue weighted by Gasteiger charge is 2.19. The number of primary amides is 2. The lowest BCUT2D eigenvalue weighted by Gasteiger charge is -2.28. The molecule has 1 heterocycles. The average Bonchev–Trinajstić information content (AvgIpc) is 3.04. The standard InChI is InChI=1S/C21H19FO2.C8H14N2O2.C2H6.C2H2.CH3NO/c22-19-8-12-21(13-9-19)24-20-10-6-17(7-11-20)14-15-23-16-18-4-2-1-3-5-18;9-8(12)5-10-3-1-7(6-11)2-4-10;2*1-2;2-1-3/h1-13H,14-16H2;6-7H,1-5H2,(H2,9,12);1-2H3;1-2H;1H,(H2,2,3). The van der Waals surface area contributed by atoms with Gasteiger partial charge in [0, 0.05) is 5.92 Å². The van der Waals surface area contributed by atoms with Crippen LogP contribution in [0.3, 0.4) is 0 Å². The molecule has 8 nitrogen and oxygen atoms in total. The second-order valence-corrected chi connectivity index (χ2v) is 8.84. The summed E-state index contributed by atoms with van der Waals surface area (Å²) in [4.78, 5) is 31.5. The number of hydrogen-bond donors (Lipinski definition) is 2. The second kappa shape index (κ2) is 25.2. The summed E-state index contributed by atoms with van der Waals surface area (Å²) >= 11 is 0. The van der Waals surface area contributed by atoms with Crippen molar-refractivity contribution >= 4 is 18.6 Å². The lowest BCUT2D eigenvalue weighted by atomic mass is 9.99. The highest BCUT2D eigenvalue weighted by Crippen LogP contribution is 2.22. The average molecular weight is 594 g/mol. The number of halogens is 1. The highest BCUT2D eigenvalue weighted by molar-refractivity contribution is 5.75. The van der Waals surface area contributed by atoms with Crippen LogP contribution in [-0.2, 0) is 32.1 Å². The van der Waals surface area contributed by atoms with Crippen LogP contribution in [0.2, 0.25) is 0 Å². The molecule has 0 saturated carbocycles. The number of ether oxygens (including phenoxy) is 2. The van der Waals surface area contributed by atoms with Crippen LogP contribution in [0, 0.1) is 24.6 Å². The Hall–Kier alpha value is -4.52. The van der Waals surface area contributed by atoms with Crippen molar-refractivity contribution in [2.45, 2.75) is 39.7 Å². The Kier molecular flexibility index (Phi) is 22.6. The fourth-order valence-corrected chi connectivity index (χ4v) is 3.78. The number of aldehydes is 1. The van der Waals surface area contributed by atoms with Gasteiger partial charge in [0.15, 0.2) is 0 Å². The zero-order chi connectivity index (χ0) is 32.3. The number of piperidine rings is 1.